The molecule has 94 valence electrons. The van der Waals surface area contributed by atoms with E-state index in [0.29, 0.717) is 6.42 Å². The Kier molecular flexibility index (Phi) is 5.46. The highest BCUT2D eigenvalue weighted by molar-refractivity contribution is 5.78. The number of terminal acetylenes is 1. The quantitative estimate of drug-likeness (QED) is 0.750. The van der Waals surface area contributed by atoms with Crippen LogP contribution in [0.3, 0.4) is 0 Å². The summed E-state index contributed by atoms with van der Waals surface area (Å²) in [6.45, 7) is 0. The van der Waals surface area contributed by atoms with Crippen molar-refractivity contribution in [2.45, 2.75) is 25.3 Å². The molecule has 1 atom stereocenters. The second-order valence-electron chi connectivity index (χ2n) is 3.83. The lowest BCUT2D eigenvalue weighted by Gasteiger charge is -2.17. The molecule has 2 N–H and O–H groups in total. The number of benzene rings is 1. The van der Waals surface area contributed by atoms with Gasteiger partial charge in [0.15, 0.2) is 0 Å². The summed E-state index contributed by atoms with van der Waals surface area (Å²) in [4.78, 5) is 22.4. The number of aliphatic carboxylic acids is 1. The van der Waals surface area contributed by atoms with Crippen LogP contribution < -0.4 is 5.32 Å². The minimum atomic E-state index is -0.957. The van der Waals surface area contributed by atoms with Crippen molar-refractivity contribution in [3.63, 3.8) is 0 Å². The summed E-state index contributed by atoms with van der Waals surface area (Å²) >= 11 is 0. The van der Waals surface area contributed by atoms with Crippen molar-refractivity contribution in [1.82, 2.24) is 5.32 Å². The van der Waals surface area contributed by atoms with Gasteiger partial charge in [-0.05, 0) is 5.56 Å². The maximum Gasteiger partial charge on any atom is 0.305 e. The monoisotopic (exact) mass is 245 g/mol. The van der Waals surface area contributed by atoms with Gasteiger partial charge in [-0.2, -0.15) is 0 Å². The van der Waals surface area contributed by atoms with Crippen LogP contribution >= 0.6 is 0 Å². The molecule has 0 heterocycles. The van der Waals surface area contributed by atoms with Gasteiger partial charge in [-0.3, -0.25) is 9.59 Å². The molecule has 1 rings (SSSR count). The molecule has 0 bridgehead atoms. The minimum absolute atomic E-state index is 0.147. The van der Waals surface area contributed by atoms with Crippen LogP contribution in [0.15, 0.2) is 30.3 Å². The fourth-order valence-electron chi connectivity index (χ4n) is 1.56. The van der Waals surface area contributed by atoms with Crippen molar-refractivity contribution in [3.05, 3.63) is 35.9 Å². The van der Waals surface area contributed by atoms with Crippen molar-refractivity contribution in [3.8, 4) is 12.3 Å². The number of hydrogen-bond donors (Lipinski definition) is 2. The van der Waals surface area contributed by atoms with Gasteiger partial charge in [0, 0.05) is 12.8 Å². The normalized spacial score (nSPS) is 11.3. The first kappa shape index (κ1) is 13.8. The molecule has 0 spiro atoms. The third-order valence-corrected chi connectivity index (χ3v) is 2.41. The number of amides is 1. The highest BCUT2D eigenvalue weighted by atomic mass is 16.4. The smallest absolute Gasteiger partial charge is 0.305 e. The number of carboxylic acids is 1. The largest absolute Gasteiger partial charge is 0.481 e. The highest BCUT2D eigenvalue weighted by Gasteiger charge is 2.17. The van der Waals surface area contributed by atoms with E-state index in [9.17, 15) is 9.59 Å². The van der Waals surface area contributed by atoms with Crippen LogP contribution in [0, 0.1) is 12.3 Å². The lowest BCUT2D eigenvalue weighted by Crippen LogP contribution is -2.29. The molecule has 1 aromatic carbocycles. The van der Waals surface area contributed by atoms with Crippen molar-refractivity contribution >= 4 is 11.9 Å². The van der Waals surface area contributed by atoms with E-state index >= 15 is 0 Å². The van der Waals surface area contributed by atoms with E-state index < -0.39 is 12.0 Å². The van der Waals surface area contributed by atoms with E-state index in [1.807, 2.05) is 6.07 Å². The Bertz CT molecular complexity index is 448. The third kappa shape index (κ3) is 4.71. The maximum atomic E-state index is 11.6. The predicted octanol–water partition coefficient (Wildman–Crippen LogP) is 1.73. The summed E-state index contributed by atoms with van der Waals surface area (Å²) in [5.74, 6) is 1.18. The molecular formula is C14H15NO3. The molecule has 0 aromatic heterocycles. The Morgan fingerprint density at radius 1 is 1.33 bits per heavy atom. The first-order chi connectivity index (χ1) is 8.63. The van der Waals surface area contributed by atoms with Crippen LogP contribution in [0.2, 0.25) is 0 Å². The fourth-order valence-corrected chi connectivity index (χ4v) is 1.56. The predicted molar refractivity (Wildman–Crippen MR) is 67.6 cm³/mol. The zero-order valence-electron chi connectivity index (χ0n) is 9.93. The van der Waals surface area contributed by atoms with Crippen molar-refractivity contribution in [1.29, 1.82) is 0 Å². The lowest BCUT2D eigenvalue weighted by atomic mass is 10.0. The second kappa shape index (κ2) is 7.13. The lowest BCUT2D eigenvalue weighted by molar-refractivity contribution is -0.137. The third-order valence-electron chi connectivity index (χ3n) is 2.41. The number of hydrogen-bond acceptors (Lipinski definition) is 2. The van der Waals surface area contributed by atoms with Crippen molar-refractivity contribution < 1.29 is 14.7 Å². The molecule has 0 saturated heterocycles. The van der Waals surface area contributed by atoms with E-state index in [1.165, 1.54) is 0 Å². The van der Waals surface area contributed by atoms with Crippen LogP contribution in [-0.2, 0) is 9.59 Å². The summed E-state index contributed by atoms with van der Waals surface area (Å²) in [6, 6.07) is 8.50. The number of nitrogens with one attached hydrogen (secondary N) is 1. The number of carbonyl (C=O) groups excluding carboxylic acids is 1. The van der Waals surface area contributed by atoms with Gasteiger partial charge in [0.05, 0.1) is 12.5 Å². The van der Waals surface area contributed by atoms with E-state index in [1.54, 1.807) is 24.3 Å². The first-order valence-electron chi connectivity index (χ1n) is 5.63. The molecule has 1 unspecified atom stereocenters. The van der Waals surface area contributed by atoms with Crippen LogP contribution in [0.1, 0.15) is 30.9 Å². The minimum Gasteiger partial charge on any atom is -0.481 e. The number of rotatable bonds is 6. The first-order valence-corrected chi connectivity index (χ1v) is 5.63. The van der Waals surface area contributed by atoms with E-state index in [2.05, 4.69) is 11.2 Å². The molecule has 0 aliphatic rings. The van der Waals surface area contributed by atoms with Crippen molar-refractivity contribution in [2.24, 2.45) is 0 Å². The van der Waals surface area contributed by atoms with Gasteiger partial charge in [-0.15, -0.1) is 12.3 Å². The van der Waals surface area contributed by atoms with Gasteiger partial charge in [-0.25, -0.2) is 0 Å². The number of carboxylic acid groups (broad SMARTS) is 1. The molecule has 0 fully saturated rings. The summed E-state index contributed by atoms with van der Waals surface area (Å²) in [5.41, 5.74) is 0.772. The SMILES string of the molecule is C#CCCC(=O)NC(CC(=O)O)c1ccccc1. The van der Waals surface area contributed by atoms with Crippen LogP contribution in [0.5, 0.6) is 0 Å². The summed E-state index contributed by atoms with van der Waals surface area (Å²) in [7, 11) is 0. The Morgan fingerprint density at radius 3 is 2.56 bits per heavy atom. The van der Waals surface area contributed by atoms with E-state index in [0.717, 1.165) is 5.56 Å². The second-order valence-corrected chi connectivity index (χ2v) is 3.83. The Morgan fingerprint density at radius 2 is 2.00 bits per heavy atom. The zero-order valence-corrected chi connectivity index (χ0v) is 9.93. The molecule has 4 nitrogen and oxygen atoms in total. The Balaban J connectivity index is 2.71. The van der Waals surface area contributed by atoms with Gasteiger partial charge < -0.3 is 10.4 Å². The van der Waals surface area contributed by atoms with Gasteiger partial charge in [0.25, 0.3) is 0 Å². The van der Waals surface area contributed by atoms with E-state index in [-0.39, 0.29) is 18.7 Å². The summed E-state index contributed by atoms with van der Waals surface area (Å²) < 4.78 is 0. The summed E-state index contributed by atoms with van der Waals surface area (Å²) in [6.07, 6.45) is 5.48. The average molecular weight is 245 g/mol. The van der Waals surface area contributed by atoms with E-state index in [4.69, 9.17) is 11.5 Å². The molecular weight excluding hydrogens is 230 g/mol. The molecule has 1 aromatic rings. The molecule has 0 aliphatic carbocycles. The molecule has 18 heavy (non-hydrogen) atoms. The van der Waals surface area contributed by atoms with Gasteiger partial charge >= 0.3 is 5.97 Å². The fraction of sp³-hybridized carbons (Fsp3) is 0.286. The average Bonchev–Trinajstić information content (AvgIpc) is 2.36. The zero-order chi connectivity index (χ0) is 13.4. The molecule has 1 amide bonds. The molecule has 0 aliphatic heterocycles. The van der Waals surface area contributed by atoms with Gasteiger partial charge in [0.2, 0.25) is 5.91 Å². The van der Waals surface area contributed by atoms with Crippen LogP contribution in [-0.4, -0.2) is 17.0 Å². The summed E-state index contributed by atoms with van der Waals surface area (Å²) in [5, 5.41) is 11.5. The van der Waals surface area contributed by atoms with Crippen LogP contribution in [0.25, 0.3) is 0 Å². The molecule has 4 heteroatoms. The van der Waals surface area contributed by atoms with Crippen LogP contribution in [0.4, 0.5) is 0 Å². The van der Waals surface area contributed by atoms with Crippen molar-refractivity contribution in [2.75, 3.05) is 0 Å². The maximum absolute atomic E-state index is 11.6. The molecule has 0 saturated carbocycles. The van der Waals surface area contributed by atoms with Gasteiger partial charge in [0.1, 0.15) is 0 Å². The number of carbonyl (C=O) groups is 2. The topological polar surface area (TPSA) is 66.4 Å². The highest BCUT2D eigenvalue weighted by Crippen LogP contribution is 2.16. The Labute approximate surface area is 106 Å². The Hall–Kier alpha value is -2.28. The standard InChI is InChI=1S/C14H15NO3/c1-2-3-9-13(16)15-12(10-14(17)18)11-7-5-4-6-8-11/h1,4-8,12H,3,9-10H2,(H,15,16)(H,17,18). The van der Waals surface area contributed by atoms with Gasteiger partial charge in [-0.1, -0.05) is 30.3 Å². The molecule has 0 radical (unpaired) electrons.